The number of rotatable bonds is 3. The molecule has 0 aliphatic carbocycles. The van der Waals surface area contributed by atoms with Crippen LogP contribution < -0.4 is 10.3 Å². The van der Waals surface area contributed by atoms with Gasteiger partial charge >= 0.3 is 5.97 Å². The van der Waals surface area contributed by atoms with Crippen molar-refractivity contribution in [3.8, 4) is 5.75 Å². The fourth-order valence-corrected chi connectivity index (χ4v) is 1.00. The van der Waals surface area contributed by atoms with Gasteiger partial charge in [-0.15, -0.1) is 5.23 Å². The molecule has 0 radical (unpaired) electrons. The molecule has 6 heteroatoms. The Hall–Kier alpha value is -1.79. The molecule has 1 rings (SSSR count). The van der Waals surface area contributed by atoms with Crippen LogP contribution in [0.2, 0.25) is 0 Å². The number of hydrogen-bond donors (Lipinski definition) is 3. The van der Waals surface area contributed by atoms with E-state index >= 15 is 0 Å². The van der Waals surface area contributed by atoms with Crippen molar-refractivity contribution in [3.63, 3.8) is 0 Å². The Morgan fingerprint density at radius 3 is 2.57 bits per heavy atom. The number of benzene rings is 1. The van der Waals surface area contributed by atoms with E-state index < -0.39 is 11.7 Å². The van der Waals surface area contributed by atoms with Gasteiger partial charge in [-0.25, -0.2) is 0 Å². The van der Waals surface area contributed by atoms with E-state index in [9.17, 15) is 9.90 Å². The second-order valence-electron chi connectivity index (χ2n) is 2.66. The van der Waals surface area contributed by atoms with Crippen molar-refractivity contribution in [1.82, 2.24) is 0 Å². The summed E-state index contributed by atoms with van der Waals surface area (Å²) in [4.78, 5) is 10.3. The Balaban J connectivity index is 3.00. The van der Waals surface area contributed by atoms with Gasteiger partial charge in [0.15, 0.2) is 0 Å². The van der Waals surface area contributed by atoms with Gasteiger partial charge in [0.05, 0.1) is 12.1 Å². The first-order valence-corrected chi connectivity index (χ1v) is 3.70. The minimum Gasteiger partial charge on any atom is -0.871 e. The van der Waals surface area contributed by atoms with Gasteiger partial charge in [-0.3, -0.25) is 15.2 Å². The molecule has 0 spiro atoms. The maximum atomic E-state index is 11.0. The van der Waals surface area contributed by atoms with Crippen LogP contribution in [-0.4, -0.2) is 21.5 Å². The smallest absolute Gasteiger partial charge is 0.307 e. The van der Waals surface area contributed by atoms with Gasteiger partial charge in [-0.1, -0.05) is 17.9 Å². The number of aliphatic carboxylic acids is 1. The summed E-state index contributed by atoms with van der Waals surface area (Å²) in [5.41, 5.74) is -0.0519. The first-order chi connectivity index (χ1) is 6.50. The highest BCUT2D eigenvalue weighted by Gasteiger charge is 2.05. The Kier molecular flexibility index (Phi) is 2.90. The van der Waals surface area contributed by atoms with Crippen LogP contribution in [0.4, 0.5) is 5.69 Å². The molecule has 0 amide bonds. The maximum absolute atomic E-state index is 11.0. The highest BCUT2D eigenvalue weighted by molar-refractivity contribution is 5.71. The average molecular weight is 198 g/mol. The first-order valence-electron chi connectivity index (χ1n) is 3.70. The summed E-state index contributed by atoms with van der Waals surface area (Å²) in [6.07, 6.45) is -0.277. The number of carboxylic acid groups (broad SMARTS) is 1. The summed E-state index contributed by atoms with van der Waals surface area (Å²) in [7, 11) is 0. The molecule has 0 aliphatic rings. The van der Waals surface area contributed by atoms with Gasteiger partial charge in [-0.2, -0.15) is 0 Å². The topological polar surface area (TPSA) is 104 Å². The molecule has 0 bridgehead atoms. The van der Waals surface area contributed by atoms with Crippen LogP contribution in [0.3, 0.4) is 0 Å². The summed E-state index contributed by atoms with van der Waals surface area (Å²) in [6.45, 7) is 0. The molecule has 0 saturated heterocycles. The lowest BCUT2D eigenvalue weighted by Crippen LogP contribution is -2.14. The summed E-state index contributed by atoms with van der Waals surface area (Å²) in [5.74, 6) is -1.65. The molecular formula is C8H8NO5-. The molecule has 0 saturated carbocycles. The Labute approximate surface area is 79.2 Å². The van der Waals surface area contributed by atoms with Gasteiger partial charge in [-0.05, 0) is 11.6 Å². The molecule has 6 nitrogen and oxygen atoms in total. The van der Waals surface area contributed by atoms with Gasteiger partial charge < -0.3 is 10.2 Å². The number of anilines is 1. The van der Waals surface area contributed by atoms with E-state index in [0.29, 0.717) is 5.56 Å². The number of hydrogen-bond acceptors (Lipinski definition) is 5. The fourth-order valence-electron chi connectivity index (χ4n) is 1.00. The molecule has 0 unspecified atom stereocenters. The monoisotopic (exact) mass is 198 g/mol. The lowest BCUT2D eigenvalue weighted by Gasteiger charge is -2.17. The van der Waals surface area contributed by atoms with E-state index in [0.717, 1.165) is 12.1 Å². The molecule has 0 heterocycles. The molecule has 76 valence electrons. The lowest BCUT2D eigenvalue weighted by atomic mass is 10.1. The van der Waals surface area contributed by atoms with Crippen molar-refractivity contribution >= 4 is 11.7 Å². The maximum Gasteiger partial charge on any atom is 0.307 e. The third-order valence-corrected chi connectivity index (χ3v) is 1.59. The van der Waals surface area contributed by atoms with Crippen LogP contribution in [0, 0.1) is 0 Å². The second kappa shape index (κ2) is 3.95. The molecule has 0 fully saturated rings. The number of nitrogens with zero attached hydrogens (tertiary/aromatic N) is 1. The predicted molar refractivity (Wildman–Crippen MR) is 43.3 cm³/mol. The van der Waals surface area contributed by atoms with Crippen LogP contribution >= 0.6 is 0 Å². The first kappa shape index (κ1) is 10.3. The van der Waals surface area contributed by atoms with E-state index in [1.807, 2.05) is 0 Å². The second-order valence-corrected chi connectivity index (χ2v) is 2.66. The van der Waals surface area contributed by atoms with E-state index in [-0.39, 0.29) is 17.3 Å². The molecule has 1 aromatic rings. The molecule has 0 aliphatic heterocycles. The summed E-state index contributed by atoms with van der Waals surface area (Å²) >= 11 is 0. The van der Waals surface area contributed by atoms with Gasteiger partial charge in [0.1, 0.15) is 0 Å². The van der Waals surface area contributed by atoms with Crippen molar-refractivity contribution in [2.24, 2.45) is 0 Å². The highest BCUT2D eigenvalue weighted by Crippen LogP contribution is 2.23. The van der Waals surface area contributed by atoms with Crippen LogP contribution in [0.15, 0.2) is 18.2 Å². The largest absolute Gasteiger partial charge is 0.871 e. The van der Waals surface area contributed by atoms with E-state index in [1.165, 1.54) is 6.07 Å². The lowest BCUT2D eigenvalue weighted by molar-refractivity contribution is -0.268. The minimum absolute atomic E-state index is 0.277. The average Bonchev–Trinajstić information content (AvgIpc) is 2.07. The molecule has 1 aromatic carbocycles. The summed E-state index contributed by atoms with van der Waals surface area (Å²) in [6, 6.07) is 3.51. The van der Waals surface area contributed by atoms with E-state index in [4.69, 9.17) is 15.5 Å². The van der Waals surface area contributed by atoms with Crippen molar-refractivity contribution in [1.29, 1.82) is 0 Å². The zero-order chi connectivity index (χ0) is 10.7. The quantitative estimate of drug-likeness (QED) is 0.589. The molecule has 0 aromatic heterocycles. The molecule has 0 atom stereocenters. The fraction of sp³-hybridized carbons (Fsp3) is 0.125. The zero-order valence-corrected chi connectivity index (χ0v) is 7.04. The van der Waals surface area contributed by atoms with Crippen molar-refractivity contribution < 1.29 is 25.4 Å². The Morgan fingerprint density at radius 2 is 2.07 bits per heavy atom. The highest BCUT2D eigenvalue weighted by atomic mass is 16.8. The molecule has 3 N–H and O–H groups in total. The number of carbonyl (C=O) groups is 1. The van der Waals surface area contributed by atoms with Gasteiger partial charge in [0, 0.05) is 0 Å². The standard InChI is InChI=1S/C8H9NO5/c10-7-2-1-5(4-8(11)12)3-6(7)9(13)14/h1-3,10,13-14H,4H2,(H,11,12)/p-1. The number of carboxylic acids is 1. The SMILES string of the molecule is O=C(O)Cc1ccc([O-])c(N(O)O)c1. The minimum atomic E-state index is -1.06. The van der Waals surface area contributed by atoms with Crippen LogP contribution in [0.1, 0.15) is 5.56 Å². The van der Waals surface area contributed by atoms with Gasteiger partial charge in [0.2, 0.25) is 0 Å². The molecule has 14 heavy (non-hydrogen) atoms. The van der Waals surface area contributed by atoms with E-state index in [2.05, 4.69) is 0 Å². The Morgan fingerprint density at radius 1 is 1.43 bits per heavy atom. The van der Waals surface area contributed by atoms with Crippen LogP contribution in [0.25, 0.3) is 0 Å². The van der Waals surface area contributed by atoms with Crippen LogP contribution in [0.5, 0.6) is 5.75 Å². The summed E-state index contributed by atoms with van der Waals surface area (Å²) in [5, 5.41) is 36.3. The van der Waals surface area contributed by atoms with Crippen molar-refractivity contribution in [2.45, 2.75) is 6.42 Å². The van der Waals surface area contributed by atoms with Gasteiger partial charge in [0.25, 0.3) is 0 Å². The van der Waals surface area contributed by atoms with Crippen molar-refractivity contribution in [3.05, 3.63) is 23.8 Å². The normalized spacial score (nSPS) is 9.86. The van der Waals surface area contributed by atoms with E-state index in [1.54, 1.807) is 0 Å². The zero-order valence-electron chi connectivity index (χ0n) is 7.04. The van der Waals surface area contributed by atoms with Crippen molar-refractivity contribution in [2.75, 3.05) is 5.23 Å². The third-order valence-electron chi connectivity index (χ3n) is 1.59. The Bertz CT molecular complexity index is 350. The predicted octanol–water partition coefficient (Wildman–Crippen LogP) is -0.0279. The third kappa shape index (κ3) is 2.35. The molecular weight excluding hydrogens is 190 g/mol. The van der Waals surface area contributed by atoms with Crippen LogP contribution in [-0.2, 0) is 11.2 Å². The summed E-state index contributed by atoms with van der Waals surface area (Å²) < 4.78 is 0.